The molecule has 0 bridgehead atoms. The quantitative estimate of drug-likeness (QED) is 0.203. The molecule has 0 aliphatic heterocycles. The number of unbranched alkanes of at least 4 members (excludes halogenated alkanes) is 1. The van der Waals surface area contributed by atoms with Crippen LogP contribution in [0.3, 0.4) is 0 Å². The maximum absolute atomic E-state index is 7.05. The molecule has 0 heterocycles. The predicted molar refractivity (Wildman–Crippen MR) is 143 cm³/mol. The van der Waals surface area contributed by atoms with Crippen LogP contribution in [-0.2, 0) is 16.5 Å². The van der Waals surface area contributed by atoms with E-state index in [2.05, 4.69) is 77.7 Å². The highest BCUT2D eigenvalue weighted by Crippen LogP contribution is 2.31. The molecule has 3 N–H and O–H groups in total. The summed E-state index contributed by atoms with van der Waals surface area (Å²) in [5, 5.41) is 3.40. The van der Waals surface area contributed by atoms with Gasteiger partial charge in [-0.05, 0) is 90.5 Å². The van der Waals surface area contributed by atoms with E-state index in [1.54, 1.807) is 0 Å². The summed E-state index contributed by atoms with van der Waals surface area (Å²) in [5.74, 6) is 0. The highest BCUT2D eigenvalue weighted by Gasteiger charge is 2.48. The standard InChI is InChI=1S/C19H52N2O4Si5/c1-12-13-18-30(11,24-28(8,9)22-26(2,3)4)25-29(10,23-27(5,6)7)19-14-16-21-17-15-20/h21H,12-20H2,1-11H3. The minimum absolute atomic E-state index is 0.670. The van der Waals surface area contributed by atoms with Crippen molar-refractivity contribution in [3.8, 4) is 0 Å². The molecule has 2 atom stereocenters. The van der Waals surface area contributed by atoms with Gasteiger partial charge in [-0.1, -0.05) is 19.8 Å². The molecule has 182 valence electrons. The number of hydrogen-bond acceptors (Lipinski definition) is 6. The monoisotopic (exact) mass is 512 g/mol. The summed E-state index contributed by atoms with van der Waals surface area (Å²) in [4.78, 5) is 0. The Morgan fingerprint density at radius 2 is 1.13 bits per heavy atom. The van der Waals surface area contributed by atoms with Gasteiger partial charge in [0, 0.05) is 13.1 Å². The molecule has 0 saturated heterocycles. The minimum Gasteiger partial charge on any atom is -0.437 e. The minimum atomic E-state index is -2.44. The van der Waals surface area contributed by atoms with Crippen LogP contribution in [0.5, 0.6) is 0 Å². The van der Waals surface area contributed by atoms with E-state index in [9.17, 15) is 0 Å². The Labute approximate surface area is 193 Å². The van der Waals surface area contributed by atoms with Crippen molar-refractivity contribution in [3.05, 3.63) is 0 Å². The number of nitrogens with one attached hydrogen (secondary N) is 1. The van der Waals surface area contributed by atoms with Gasteiger partial charge in [0.15, 0.2) is 16.6 Å². The second-order valence-corrected chi connectivity index (χ2v) is 31.1. The Kier molecular flexibility index (Phi) is 13.3. The normalized spacial score (nSPS) is 17.6. The van der Waals surface area contributed by atoms with Crippen molar-refractivity contribution in [3.63, 3.8) is 0 Å². The molecule has 30 heavy (non-hydrogen) atoms. The van der Waals surface area contributed by atoms with E-state index < -0.39 is 42.3 Å². The first kappa shape index (κ1) is 30.8. The van der Waals surface area contributed by atoms with E-state index >= 15 is 0 Å². The smallest absolute Gasteiger partial charge is 0.317 e. The zero-order valence-corrected chi connectivity index (χ0v) is 26.9. The fourth-order valence-corrected chi connectivity index (χ4v) is 27.9. The zero-order valence-electron chi connectivity index (χ0n) is 21.9. The first-order chi connectivity index (χ1) is 13.4. The van der Waals surface area contributed by atoms with Crippen LogP contribution in [0.15, 0.2) is 0 Å². The van der Waals surface area contributed by atoms with Crippen LogP contribution < -0.4 is 11.1 Å². The summed E-state index contributed by atoms with van der Waals surface area (Å²) in [6, 6.07) is 1.97. The van der Waals surface area contributed by atoms with Crippen LogP contribution in [0.4, 0.5) is 0 Å². The molecular formula is C19H52N2O4Si5. The van der Waals surface area contributed by atoms with E-state index in [4.69, 9.17) is 22.2 Å². The van der Waals surface area contributed by atoms with Crippen molar-refractivity contribution in [2.24, 2.45) is 5.73 Å². The van der Waals surface area contributed by atoms with Gasteiger partial charge >= 0.3 is 25.7 Å². The molecule has 0 aliphatic rings. The van der Waals surface area contributed by atoms with Crippen LogP contribution in [0.1, 0.15) is 26.2 Å². The Hall–Kier alpha value is 0.844. The lowest BCUT2D eigenvalue weighted by atomic mass is 10.4. The molecule has 11 heteroatoms. The van der Waals surface area contributed by atoms with Crippen molar-refractivity contribution >= 4 is 42.3 Å². The molecule has 0 fully saturated rings. The second-order valence-electron chi connectivity index (χ2n) is 11.0. The predicted octanol–water partition coefficient (Wildman–Crippen LogP) is 5.31. The maximum Gasteiger partial charge on any atom is 0.317 e. The van der Waals surface area contributed by atoms with Crippen LogP contribution in [-0.4, -0.2) is 62.0 Å². The highest BCUT2D eigenvalue weighted by atomic mass is 28.5. The van der Waals surface area contributed by atoms with E-state index in [-0.39, 0.29) is 0 Å². The Bertz CT molecular complexity index is 489. The van der Waals surface area contributed by atoms with Gasteiger partial charge in [0.1, 0.15) is 0 Å². The molecule has 0 rings (SSSR count). The number of nitrogens with two attached hydrogens (primary N) is 1. The third-order valence-corrected chi connectivity index (χ3v) is 22.5. The van der Waals surface area contributed by atoms with Gasteiger partial charge in [-0.3, -0.25) is 0 Å². The van der Waals surface area contributed by atoms with Crippen LogP contribution in [0.2, 0.25) is 77.6 Å². The number of rotatable bonds is 17. The molecule has 0 aromatic heterocycles. The fourth-order valence-electron chi connectivity index (χ4n) is 3.89. The van der Waals surface area contributed by atoms with Gasteiger partial charge in [-0.25, -0.2) is 0 Å². The van der Waals surface area contributed by atoms with Crippen molar-refractivity contribution < 1.29 is 16.5 Å². The lowest BCUT2D eigenvalue weighted by Gasteiger charge is -2.44. The van der Waals surface area contributed by atoms with E-state index in [1.165, 1.54) is 0 Å². The van der Waals surface area contributed by atoms with Gasteiger partial charge in [0.25, 0.3) is 0 Å². The maximum atomic E-state index is 7.05. The van der Waals surface area contributed by atoms with E-state index in [0.29, 0.717) is 6.54 Å². The summed E-state index contributed by atoms with van der Waals surface area (Å²) in [5.41, 5.74) is 5.60. The summed E-state index contributed by atoms with van der Waals surface area (Å²) in [6.45, 7) is 27.0. The summed E-state index contributed by atoms with van der Waals surface area (Å²) in [6.07, 6.45) is 3.30. The molecule has 0 radical (unpaired) electrons. The molecule has 2 unspecified atom stereocenters. The van der Waals surface area contributed by atoms with E-state index in [1.807, 2.05) is 0 Å². The summed E-state index contributed by atoms with van der Waals surface area (Å²) >= 11 is 0. The van der Waals surface area contributed by atoms with Crippen LogP contribution in [0.25, 0.3) is 0 Å². The van der Waals surface area contributed by atoms with Crippen molar-refractivity contribution in [2.75, 3.05) is 19.6 Å². The van der Waals surface area contributed by atoms with Gasteiger partial charge in [0.05, 0.1) is 0 Å². The first-order valence-corrected chi connectivity index (χ1v) is 26.3. The average Bonchev–Trinajstić information content (AvgIpc) is 2.47. The van der Waals surface area contributed by atoms with Gasteiger partial charge in [-0.2, -0.15) is 0 Å². The highest BCUT2D eigenvalue weighted by molar-refractivity contribution is 6.90. The fraction of sp³-hybridized carbons (Fsp3) is 1.00. The molecule has 6 nitrogen and oxygen atoms in total. The third kappa shape index (κ3) is 15.6. The molecule has 0 amide bonds. The number of hydrogen-bond donors (Lipinski definition) is 2. The summed E-state index contributed by atoms with van der Waals surface area (Å²) in [7, 11) is -10.5. The Morgan fingerprint density at radius 3 is 1.60 bits per heavy atom. The Balaban J connectivity index is 5.53. The SMILES string of the molecule is CCCC[Si](C)(O[Si](C)(C)O[Si](C)(C)C)O[Si](C)(CCCNCCN)O[Si](C)(C)C. The molecule has 0 saturated carbocycles. The third-order valence-electron chi connectivity index (χ3n) is 4.26. The van der Waals surface area contributed by atoms with Gasteiger partial charge < -0.3 is 27.5 Å². The lowest BCUT2D eigenvalue weighted by Crippen LogP contribution is -2.60. The van der Waals surface area contributed by atoms with Crippen molar-refractivity contribution in [2.45, 2.75) is 104 Å². The van der Waals surface area contributed by atoms with E-state index in [0.717, 1.165) is 44.4 Å². The van der Waals surface area contributed by atoms with Crippen LogP contribution >= 0.6 is 0 Å². The Morgan fingerprint density at radius 1 is 0.633 bits per heavy atom. The molecule has 0 spiro atoms. The summed E-state index contributed by atoms with van der Waals surface area (Å²) < 4.78 is 27.2. The van der Waals surface area contributed by atoms with Gasteiger partial charge in [0.2, 0.25) is 0 Å². The van der Waals surface area contributed by atoms with Gasteiger partial charge in [-0.15, -0.1) is 0 Å². The second kappa shape index (κ2) is 12.9. The lowest BCUT2D eigenvalue weighted by molar-refractivity contribution is 0.286. The van der Waals surface area contributed by atoms with Crippen molar-refractivity contribution in [1.29, 1.82) is 0 Å². The molecule has 0 aromatic rings. The first-order valence-electron chi connectivity index (χ1n) is 11.7. The molecule has 0 aliphatic carbocycles. The van der Waals surface area contributed by atoms with Crippen LogP contribution in [0, 0.1) is 0 Å². The average molecular weight is 513 g/mol. The topological polar surface area (TPSA) is 75.0 Å². The molecular weight excluding hydrogens is 461 g/mol. The molecule has 0 aromatic carbocycles. The van der Waals surface area contributed by atoms with Crippen molar-refractivity contribution in [1.82, 2.24) is 5.32 Å². The largest absolute Gasteiger partial charge is 0.437 e. The zero-order chi connectivity index (χ0) is 23.7.